The third-order valence-electron chi connectivity index (χ3n) is 5.08. The summed E-state index contributed by atoms with van der Waals surface area (Å²) in [4.78, 5) is 26.0. The van der Waals surface area contributed by atoms with Crippen LogP contribution in [0.15, 0.2) is 0 Å². The molecule has 0 bridgehead atoms. The molecule has 2 aliphatic rings. The number of carboxylic acid groups (broad SMARTS) is 1. The number of hydrogen-bond acceptors (Lipinski definition) is 2. The first-order chi connectivity index (χ1) is 9.30. The van der Waals surface area contributed by atoms with E-state index in [1.807, 2.05) is 4.90 Å². The Morgan fingerprint density at radius 1 is 1.10 bits per heavy atom. The maximum atomic E-state index is 12.7. The predicted molar refractivity (Wildman–Crippen MR) is 77.2 cm³/mol. The second-order valence-corrected chi connectivity index (χ2v) is 7.47. The van der Waals surface area contributed by atoms with Crippen molar-refractivity contribution in [3.05, 3.63) is 0 Å². The molecule has 0 aromatic heterocycles. The predicted octanol–water partition coefficient (Wildman–Crippen LogP) is 2.77. The molecule has 0 aromatic carbocycles. The highest BCUT2D eigenvalue weighted by Gasteiger charge is 2.43. The topological polar surface area (TPSA) is 57.6 Å². The van der Waals surface area contributed by atoms with Gasteiger partial charge in [-0.25, -0.2) is 0 Å². The lowest BCUT2D eigenvalue weighted by atomic mass is 9.85. The first-order valence-electron chi connectivity index (χ1n) is 7.82. The molecule has 20 heavy (non-hydrogen) atoms. The Labute approximate surface area is 121 Å². The quantitative estimate of drug-likeness (QED) is 0.846. The lowest BCUT2D eigenvalue weighted by Crippen LogP contribution is -2.40. The molecule has 1 heterocycles. The summed E-state index contributed by atoms with van der Waals surface area (Å²) in [5, 5.41) is 9.32. The van der Waals surface area contributed by atoms with Crippen molar-refractivity contribution in [3.63, 3.8) is 0 Å². The van der Waals surface area contributed by atoms with E-state index >= 15 is 0 Å². The largest absolute Gasteiger partial charge is 0.481 e. The van der Waals surface area contributed by atoms with Crippen molar-refractivity contribution >= 4 is 11.9 Å². The van der Waals surface area contributed by atoms with Gasteiger partial charge in [-0.05, 0) is 43.4 Å². The highest BCUT2D eigenvalue weighted by molar-refractivity contribution is 5.85. The molecule has 3 atom stereocenters. The van der Waals surface area contributed by atoms with Crippen LogP contribution in [0.5, 0.6) is 0 Å². The van der Waals surface area contributed by atoms with Crippen LogP contribution in [0.1, 0.15) is 52.9 Å². The smallest absolute Gasteiger partial charge is 0.307 e. The van der Waals surface area contributed by atoms with Gasteiger partial charge in [0.2, 0.25) is 5.91 Å². The average molecular weight is 281 g/mol. The molecule has 0 aromatic rings. The number of likely N-dealkylation sites (tertiary alicyclic amines) is 1. The molecular formula is C16H27NO3. The van der Waals surface area contributed by atoms with Crippen LogP contribution in [0.3, 0.4) is 0 Å². The van der Waals surface area contributed by atoms with Gasteiger partial charge in [0.15, 0.2) is 0 Å². The van der Waals surface area contributed by atoms with Gasteiger partial charge in [0, 0.05) is 13.1 Å². The van der Waals surface area contributed by atoms with Crippen LogP contribution in [0.25, 0.3) is 0 Å². The van der Waals surface area contributed by atoms with Crippen molar-refractivity contribution in [2.45, 2.75) is 52.9 Å². The van der Waals surface area contributed by atoms with Gasteiger partial charge in [0.1, 0.15) is 0 Å². The first-order valence-corrected chi connectivity index (χ1v) is 7.82. The SMILES string of the molecule is CC1CC(C(=O)O)C(C(=O)N2CCCC(C)(C)CC2)C1. The minimum atomic E-state index is -0.803. The van der Waals surface area contributed by atoms with Gasteiger partial charge in [-0.1, -0.05) is 20.8 Å². The fourth-order valence-corrected chi connectivity index (χ4v) is 3.72. The van der Waals surface area contributed by atoms with Crippen LogP contribution in [0.4, 0.5) is 0 Å². The van der Waals surface area contributed by atoms with Gasteiger partial charge in [-0.3, -0.25) is 9.59 Å². The Balaban J connectivity index is 2.05. The standard InChI is InChI=1S/C16H27NO3/c1-11-9-12(13(10-11)15(19)20)14(18)17-7-4-5-16(2,3)6-8-17/h11-13H,4-10H2,1-3H3,(H,19,20). The van der Waals surface area contributed by atoms with Crippen LogP contribution in [-0.2, 0) is 9.59 Å². The summed E-state index contributed by atoms with van der Waals surface area (Å²) in [7, 11) is 0. The summed E-state index contributed by atoms with van der Waals surface area (Å²) in [5.74, 6) is -1.16. The van der Waals surface area contributed by atoms with Gasteiger partial charge in [0.05, 0.1) is 11.8 Å². The lowest BCUT2D eigenvalue weighted by molar-refractivity contribution is -0.149. The number of carbonyl (C=O) groups excluding carboxylic acids is 1. The Morgan fingerprint density at radius 3 is 2.40 bits per heavy atom. The lowest BCUT2D eigenvalue weighted by Gasteiger charge is -2.27. The molecule has 4 heteroatoms. The van der Waals surface area contributed by atoms with Crippen LogP contribution >= 0.6 is 0 Å². The average Bonchev–Trinajstić information content (AvgIpc) is 2.65. The fraction of sp³-hybridized carbons (Fsp3) is 0.875. The molecule has 114 valence electrons. The zero-order valence-corrected chi connectivity index (χ0v) is 12.9. The summed E-state index contributed by atoms with van der Waals surface area (Å²) < 4.78 is 0. The molecule has 1 saturated heterocycles. The number of aliphatic carboxylic acids is 1. The molecule has 1 aliphatic heterocycles. The van der Waals surface area contributed by atoms with E-state index in [-0.39, 0.29) is 11.8 Å². The number of amides is 1. The Hall–Kier alpha value is -1.06. The van der Waals surface area contributed by atoms with E-state index in [1.165, 1.54) is 0 Å². The summed E-state index contributed by atoms with van der Waals surface area (Å²) >= 11 is 0. The summed E-state index contributed by atoms with van der Waals surface area (Å²) in [6.07, 6.45) is 4.55. The number of carbonyl (C=O) groups is 2. The van der Waals surface area contributed by atoms with E-state index in [0.29, 0.717) is 17.8 Å². The maximum Gasteiger partial charge on any atom is 0.307 e. The van der Waals surface area contributed by atoms with Crippen molar-refractivity contribution in [3.8, 4) is 0 Å². The zero-order valence-electron chi connectivity index (χ0n) is 12.9. The molecule has 1 N–H and O–H groups in total. The van der Waals surface area contributed by atoms with Crippen molar-refractivity contribution in [2.75, 3.05) is 13.1 Å². The van der Waals surface area contributed by atoms with Gasteiger partial charge in [-0.2, -0.15) is 0 Å². The highest BCUT2D eigenvalue weighted by atomic mass is 16.4. The van der Waals surface area contributed by atoms with E-state index in [2.05, 4.69) is 20.8 Å². The van der Waals surface area contributed by atoms with E-state index < -0.39 is 11.9 Å². The van der Waals surface area contributed by atoms with Crippen molar-refractivity contribution < 1.29 is 14.7 Å². The molecule has 1 amide bonds. The first kappa shape index (κ1) is 15.3. The van der Waals surface area contributed by atoms with E-state index in [4.69, 9.17) is 0 Å². The number of hydrogen-bond donors (Lipinski definition) is 1. The molecule has 0 radical (unpaired) electrons. The van der Waals surface area contributed by atoms with Gasteiger partial charge in [0.25, 0.3) is 0 Å². The van der Waals surface area contributed by atoms with Crippen molar-refractivity contribution in [1.29, 1.82) is 0 Å². The molecule has 1 aliphatic carbocycles. The van der Waals surface area contributed by atoms with E-state index in [1.54, 1.807) is 0 Å². The minimum Gasteiger partial charge on any atom is -0.481 e. The second-order valence-electron chi connectivity index (χ2n) is 7.47. The number of nitrogens with zero attached hydrogens (tertiary/aromatic N) is 1. The molecule has 1 saturated carbocycles. The van der Waals surface area contributed by atoms with Gasteiger partial charge in [-0.15, -0.1) is 0 Å². The Bertz CT molecular complexity index is 391. The monoisotopic (exact) mass is 281 g/mol. The van der Waals surface area contributed by atoms with Crippen LogP contribution < -0.4 is 0 Å². The van der Waals surface area contributed by atoms with Crippen LogP contribution in [0, 0.1) is 23.2 Å². The Kier molecular flexibility index (Phi) is 4.40. The summed E-state index contributed by atoms with van der Waals surface area (Å²) in [6.45, 7) is 8.12. The van der Waals surface area contributed by atoms with Crippen molar-refractivity contribution in [2.24, 2.45) is 23.2 Å². The van der Waals surface area contributed by atoms with Crippen LogP contribution in [0.2, 0.25) is 0 Å². The maximum absolute atomic E-state index is 12.7. The minimum absolute atomic E-state index is 0.0828. The Morgan fingerprint density at radius 2 is 1.75 bits per heavy atom. The zero-order chi connectivity index (χ0) is 14.9. The summed E-state index contributed by atoms with van der Waals surface area (Å²) in [6, 6.07) is 0. The summed E-state index contributed by atoms with van der Waals surface area (Å²) in [5.41, 5.74) is 0.296. The second kappa shape index (κ2) is 5.74. The number of rotatable bonds is 2. The fourth-order valence-electron chi connectivity index (χ4n) is 3.72. The molecule has 2 rings (SSSR count). The van der Waals surface area contributed by atoms with Crippen LogP contribution in [-0.4, -0.2) is 35.0 Å². The highest BCUT2D eigenvalue weighted by Crippen LogP contribution is 2.38. The third kappa shape index (κ3) is 3.33. The normalized spacial score (nSPS) is 33.8. The molecular weight excluding hydrogens is 254 g/mol. The van der Waals surface area contributed by atoms with E-state index in [9.17, 15) is 14.7 Å². The van der Waals surface area contributed by atoms with E-state index in [0.717, 1.165) is 38.8 Å². The molecule has 2 fully saturated rings. The van der Waals surface area contributed by atoms with Gasteiger partial charge >= 0.3 is 5.97 Å². The number of carboxylic acids is 1. The third-order valence-corrected chi connectivity index (χ3v) is 5.08. The molecule has 0 spiro atoms. The van der Waals surface area contributed by atoms with Gasteiger partial charge < -0.3 is 10.0 Å². The van der Waals surface area contributed by atoms with Crippen molar-refractivity contribution in [1.82, 2.24) is 4.90 Å². The molecule has 4 nitrogen and oxygen atoms in total. The molecule has 3 unspecified atom stereocenters.